The molecule has 3 aromatic carbocycles. The fourth-order valence-corrected chi connectivity index (χ4v) is 5.63. The molecule has 0 radical (unpaired) electrons. The van der Waals surface area contributed by atoms with Crippen molar-refractivity contribution in [2.75, 3.05) is 18.6 Å². The molecule has 2 aliphatic heterocycles. The molecule has 0 aromatic heterocycles. The van der Waals surface area contributed by atoms with Gasteiger partial charge in [-0.05, 0) is 67.6 Å². The Bertz CT molecular complexity index is 1380. The smallest absolute Gasteiger partial charge is 0.268 e. The third-order valence-corrected chi connectivity index (χ3v) is 7.44. The first kappa shape index (κ1) is 25.4. The van der Waals surface area contributed by atoms with E-state index in [9.17, 15) is 14.4 Å². The summed E-state index contributed by atoms with van der Waals surface area (Å²) >= 11 is 6.88. The van der Waals surface area contributed by atoms with Crippen LogP contribution in [0.4, 0.5) is 5.69 Å². The first-order valence-corrected chi connectivity index (χ1v) is 13.2. The maximum absolute atomic E-state index is 13.9. The predicted molar refractivity (Wildman–Crippen MR) is 144 cm³/mol. The molecule has 2 heterocycles. The minimum Gasteiger partial charge on any atom is -0.496 e. The van der Waals surface area contributed by atoms with E-state index in [1.165, 1.54) is 12.1 Å². The number of fused-ring (bicyclic) bond motifs is 1. The van der Waals surface area contributed by atoms with Crippen LogP contribution in [0.1, 0.15) is 28.9 Å². The van der Waals surface area contributed by atoms with E-state index < -0.39 is 35.7 Å². The molecular weight excluding hydrogens is 606 g/mol. The molecule has 0 unspecified atom stereocenters. The van der Waals surface area contributed by atoms with Crippen LogP contribution in [0, 0.1) is 5.92 Å². The van der Waals surface area contributed by atoms with Crippen LogP contribution in [-0.2, 0) is 9.59 Å². The molecule has 2 aliphatic rings. The Kier molecular flexibility index (Phi) is 7.06. The number of hydrogen-bond acceptors (Lipinski definition) is 6. The van der Waals surface area contributed by atoms with E-state index in [0.29, 0.717) is 34.9 Å². The molecule has 3 aromatic rings. The van der Waals surface area contributed by atoms with Gasteiger partial charge in [-0.3, -0.25) is 19.4 Å². The number of rotatable bonds is 6. The van der Waals surface area contributed by atoms with Gasteiger partial charge in [0.1, 0.15) is 17.5 Å². The maximum Gasteiger partial charge on any atom is 0.268 e. The average molecular weight is 629 g/mol. The lowest BCUT2D eigenvalue weighted by atomic mass is 9.90. The minimum absolute atomic E-state index is 0.377. The Hall–Kier alpha value is -3.21. The minimum atomic E-state index is -1.04. The SMILES string of the molecule is CCOc1ccc(N2C(=O)[C@@H]3[C@@H](c4cc(Br)ccc4OC)NN(C(=O)c4cccc(Br)c4)[C@H]3C2=O)cc1. The van der Waals surface area contributed by atoms with E-state index in [-0.39, 0.29) is 0 Å². The van der Waals surface area contributed by atoms with Crippen LogP contribution < -0.4 is 19.8 Å². The van der Waals surface area contributed by atoms with Gasteiger partial charge in [0.2, 0.25) is 5.91 Å². The van der Waals surface area contributed by atoms with E-state index in [1.807, 2.05) is 25.1 Å². The Morgan fingerprint density at radius 3 is 2.38 bits per heavy atom. The zero-order chi connectivity index (χ0) is 26.3. The van der Waals surface area contributed by atoms with Crippen molar-refractivity contribution in [3.8, 4) is 11.5 Å². The summed E-state index contributed by atoms with van der Waals surface area (Å²) in [5.41, 5.74) is 4.62. The fraction of sp³-hybridized carbons (Fsp3) is 0.222. The number of benzene rings is 3. The zero-order valence-corrected chi connectivity index (χ0v) is 23.2. The number of anilines is 1. The molecule has 0 saturated carbocycles. The van der Waals surface area contributed by atoms with Crippen LogP contribution >= 0.6 is 31.9 Å². The number of imide groups is 1. The van der Waals surface area contributed by atoms with Crippen molar-refractivity contribution < 1.29 is 23.9 Å². The standard InChI is InChI=1S/C27H23Br2N3O5/c1-3-37-19-10-8-18(9-11-19)31-26(34)22-23(20-14-17(29)7-12-21(20)36-2)30-32(24(22)27(31)35)25(33)15-5-4-6-16(28)13-15/h4-14,22-24,30H,3H2,1-2H3/t22-,23-,24-/m1/s1. The molecule has 37 heavy (non-hydrogen) atoms. The van der Waals surface area contributed by atoms with Crippen LogP contribution in [0.3, 0.4) is 0 Å². The highest BCUT2D eigenvalue weighted by atomic mass is 79.9. The fourth-order valence-electron chi connectivity index (χ4n) is 4.85. The third-order valence-electron chi connectivity index (χ3n) is 6.46. The van der Waals surface area contributed by atoms with Crippen molar-refractivity contribution in [3.63, 3.8) is 0 Å². The average Bonchev–Trinajstić information content (AvgIpc) is 3.41. The van der Waals surface area contributed by atoms with Crippen molar-refractivity contribution in [3.05, 3.63) is 86.8 Å². The number of hydrazine groups is 1. The van der Waals surface area contributed by atoms with Gasteiger partial charge in [0, 0.05) is 20.1 Å². The summed E-state index contributed by atoms with van der Waals surface area (Å²) in [5, 5.41) is 1.28. The number of methoxy groups -OCH3 is 1. The number of hydrogen-bond donors (Lipinski definition) is 1. The van der Waals surface area contributed by atoms with Gasteiger partial charge < -0.3 is 9.47 Å². The van der Waals surface area contributed by atoms with E-state index in [4.69, 9.17) is 9.47 Å². The molecule has 2 saturated heterocycles. The monoisotopic (exact) mass is 627 g/mol. The van der Waals surface area contributed by atoms with E-state index in [1.54, 1.807) is 48.5 Å². The van der Waals surface area contributed by atoms with Crippen molar-refractivity contribution in [2.24, 2.45) is 5.92 Å². The summed E-state index contributed by atoms with van der Waals surface area (Å²) in [6, 6.07) is 17.4. The third kappa shape index (κ3) is 4.54. The summed E-state index contributed by atoms with van der Waals surface area (Å²) < 4.78 is 12.6. The number of nitrogens with one attached hydrogen (secondary N) is 1. The maximum atomic E-state index is 13.9. The van der Waals surface area contributed by atoms with Crippen molar-refractivity contribution in [2.45, 2.75) is 19.0 Å². The lowest BCUT2D eigenvalue weighted by Gasteiger charge is -2.26. The molecule has 0 aliphatic carbocycles. The molecule has 8 nitrogen and oxygen atoms in total. The zero-order valence-electron chi connectivity index (χ0n) is 20.0. The molecule has 1 N–H and O–H groups in total. The van der Waals surface area contributed by atoms with Gasteiger partial charge >= 0.3 is 0 Å². The Balaban J connectivity index is 1.59. The van der Waals surface area contributed by atoms with E-state index >= 15 is 0 Å². The topological polar surface area (TPSA) is 88.2 Å². The van der Waals surface area contributed by atoms with E-state index in [2.05, 4.69) is 37.3 Å². The largest absolute Gasteiger partial charge is 0.496 e. The predicted octanol–water partition coefficient (Wildman–Crippen LogP) is 4.88. The van der Waals surface area contributed by atoms with E-state index in [0.717, 1.165) is 13.8 Å². The normalized spacial score (nSPS) is 20.8. The lowest BCUT2D eigenvalue weighted by molar-refractivity contribution is -0.123. The first-order chi connectivity index (χ1) is 17.8. The Labute approximate surface area is 230 Å². The Morgan fingerprint density at radius 1 is 0.973 bits per heavy atom. The van der Waals surface area contributed by atoms with Crippen molar-refractivity contribution >= 4 is 55.3 Å². The van der Waals surface area contributed by atoms with Gasteiger partial charge in [-0.1, -0.05) is 37.9 Å². The number of halogens is 2. The molecular formula is C27H23Br2N3O5. The molecule has 190 valence electrons. The lowest BCUT2D eigenvalue weighted by Crippen LogP contribution is -2.48. The second-order valence-corrected chi connectivity index (χ2v) is 10.4. The first-order valence-electron chi connectivity index (χ1n) is 11.6. The van der Waals surface area contributed by atoms with Gasteiger partial charge in [-0.15, -0.1) is 0 Å². The second kappa shape index (κ2) is 10.3. The highest BCUT2D eigenvalue weighted by Crippen LogP contribution is 2.45. The number of ether oxygens (including phenoxy) is 2. The summed E-state index contributed by atoms with van der Waals surface area (Å²) in [6.07, 6.45) is 0. The molecule has 5 rings (SSSR count). The van der Waals surface area contributed by atoms with Crippen LogP contribution in [-0.4, -0.2) is 42.5 Å². The molecule has 0 spiro atoms. The number of amides is 3. The number of nitrogens with zero attached hydrogens (tertiary/aromatic N) is 2. The van der Waals surface area contributed by atoms with Crippen molar-refractivity contribution in [1.29, 1.82) is 0 Å². The number of carbonyl (C=O) groups is 3. The summed E-state index contributed by atoms with van der Waals surface area (Å²) in [5.74, 6) is -0.984. The van der Waals surface area contributed by atoms with Gasteiger partial charge in [-0.2, -0.15) is 0 Å². The van der Waals surface area contributed by atoms with Gasteiger partial charge in [0.15, 0.2) is 0 Å². The van der Waals surface area contributed by atoms with Crippen LogP contribution in [0.2, 0.25) is 0 Å². The summed E-state index contributed by atoms with van der Waals surface area (Å²) in [7, 11) is 1.54. The highest BCUT2D eigenvalue weighted by Gasteiger charge is 2.60. The molecule has 3 atom stereocenters. The molecule has 10 heteroatoms. The number of carbonyl (C=O) groups excluding carboxylic acids is 3. The summed E-state index contributed by atoms with van der Waals surface area (Å²) in [4.78, 5) is 42.5. The van der Waals surface area contributed by atoms with Crippen LogP contribution in [0.15, 0.2) is 75.7 Å². The molecule has 0 bridgehead atoms. The van der Waals surface area contributed by atoms with Crippen LogP contribution in [0.25, 0.3) is 0 Å². The van der Waals surface area contributed by atoms with Gasteiger partial charge in [0.05, 0.1) is 31.4 Å². The second-order valence-electron chi connectivity index (χ2n) is 8.59. The molecule has 2 fully saturated rings. The van der Waals surface area contributed by atoms with Gasteiger partial charge in [-0.25, -0.2) is 10.3 Å². The van der Waals surface area contributed by atoms with Gasteiger partial charge in [0.25, 0.3) is 11.8 Å². The molecule has 3 amide bonds. The Morgan fingerprint density at radius 2 is 1.70 bits per heavy atom. The van der Waals surface area contributed by atoms with Crippen molar-refractivity contribution in [1.82, 2.24) is 10.4 Å². The van der Waals surface area contributed by atoms with Crippen LogP contribution in [0.5, 0.6) is 11.5 Å². The highest BCUT2D eigenvalue weighted by molar-refractivity contribution is 9.10. The quantitative estimate of drug-likeness (QED) is 0.392. The summed E-state index contributed by atoms with van der Waals surface area (Å²) in [6.45, 7) is 2.38.